The highest BCUT2D eigenvalue weighted by Gasteiger charge is 2.33. The average Bonchev–Trinajstić information content (AvgIpc) is 3.27. The first-order chi connectivity index (χ1) is 18.0. The molecule has 9 heteroatoms. The molecule has 2 heterocycles. The van der Waals surface area contributed by atoms with Crippen LogP contribution in [-0.4, -0.2) is 71.8 Å². The highest BCUT2D eigenvalue weighted by atomic mass is 19.1. The summed E-state index contributed by atoms with van der Waals surface area (Å²) in [5.74, 6) is 2.44. The predicted molar refractivity (Wildman–Crippen MR) is 138 cm³/mol. The molecule has 200 valence electrons. The Hall–Kier alpha value is -3.14. The van der Waals surface area contributed by atoms with Crippen LogP contribution in [0.2, 0.25) is 0 Å². The summed E-state index contributed by atoms with van der Waals surface area (Å²) in [6, 6.07) is 11.8. The number of benzene rings is 2. The lowest BCUT2D eigenvalue weighted by molar-refractivity contribution is -0.0647. The predicted octanol–water partition coefficient (Wildman–Crippen LogP) is 3.70. The van der Waals surface area contributed by atoms with E-state index in [1.54, 1.807) is 19.2 Å². The molecule has 0 unspecified atom stereocenters. The molecule has 1 saturated heterocycles. The van der Waals surface area contributed by atoms with Gasteiger partial charge in [-0.2, -0.15) is 0 Å². The van der Waals surface area contributed by atoms with E-state index in [0.717, 1.165) is 30.8 Å². The Morgan fingerprint density at radius 3 is 2.86 bits per heavy atom. The smallest absolute Gasteiger partial charge is 0.161 e. The number of methoxy groups -OCH3 is 1. The Morgan fingerprint density at radius 1 is 1.16 bits per heavy atom. The van der Waals surface area contributed by atoms with Crippen LogP contribution in [0.25, 0.3) is 0 Å². The number of hydrogen-bond acceptors (Lipinski definition) is 7. The third-order valence-corrected chi connectivity index (χ3v) is 6.30. The summed E-state index contributed by atoms with van der Waals surface area (Å²) >= 11 is 0. The lowest BCUT2D eigenvalue weighted by atomic mass is 10.1. The maximum absolute atomic E-state index is 13.5. The number of hydrogen-bond donors (Lipinski definition) is 1. The van der Waals surface area contributed by atoms with Gasteiger partial charge in [-0.25, -0.2) is 9.37 Å². The van der Waals surface area contributed by atoms with Gasteiger partial charge in [0.25, 0.3) is 0 Å². The van der Waals surface area contributed by atoms with Crippen LogP contribution in [0.15, 0.2) is 54.9 Å². The second-order valence-corrected chi connectivity index (χ2v) is 9.31. The van der Waals surface area contributed by atoms with Crippen molar-refractivity contribution < 1.29 is 28.4 Å². The first-order valence-electron chi connectivity index (χ1n) is 12.7. The van der Waals surface area contributed by atoms with E-state index in [4.69, 9.17) is 18.9 Å². The highest BCUT2D eigenvalue weighted by Crippen LogP contribution is 2.29. The summed E-state index contributed by atoms with van der Waals surface area (Å²) in [6.45, 7) is 5.75. The maximum Gasteiger partial charge on any atom is 0.161 e. The van der Waals surface area contributed by atoms with Gasteiger partial charge in [-0.3, -0.25) is 4.90 Å². The summed E-state index contributed by atoms with van der Waals surface area (Å²) < 4.78 is 38.6. The number of imidazole rings is 1. The molecule has 8 nitrogen and oxygen atoms in total. The van der Waals surface area contributed by atoms with Gasteiger partial charge in [0.2, 0.25) is 0 Å². The second kappa shape index (κ2) is 12.9. The molecule has 0 radical (unpaired) electrons. The Kier molecular flexibility index (Phi) is 9.38. The number of aryl methyl sites for hydroxylation is 2. The lowest BCUT2D eigenvalue weighted by Crippen LogP contribution is -2.48. The van der Waals surface area contributed by atoms with Crippen molar-refractivity contribution in [3.63, 3.8) is 0 Å². The number of nitrogens with zero attached hydrogens (tertiary/aromatic N) is 3. The SMILES string of the molecule is CCc1nccn1CCCOc1cc(CN2CCOC[C@](O)(COc3cccc(F)c3)C2)ccc1OC. The third-order valence-electron chi connectivity index (χ3n) is 6.30. The third kappa shape index (κ3) is 7.67. The van der Waals surface area contributed by atoms with E-state index < -0.39 is 5.60 Å². The zero-order valence-corrected chi connectivity index (χ0v) is 21.6. The quantitative estimate of drug-likeness (QED) is 0.370. The van der Waals surface area contributed by atoms with Gasteiger partial charge in [0, 0.05) is 51.1 Å². The fourth-order valence-electron chi connectivity index (χ4n) is 4.46. The minimum absolute atomic E-state index is 0.000583. The van der Waals surface area contributed by atoms with Crippen LogP contribution in [0.1, 0.15) is 24.7 Å². The first kappa shape index (κ1) is 26.9. The largest absolute Gasteiger partial charge is 0.493 e. The number of aliphatic hydroxyl groups is 1. The molecular weight excluding hydrogens is 477 g/mol. The van der Waals surface area contributed by atoms with E-state index in [9.17, 15) is 9.50 Å². The van der Waals surface area contributed by atoms with Gasteiger partial charge >= 0.3 is 0 Å². The summed E-state index contributed by atoms with van der Waals surface area (Å²) in [4.78, 5) is 6.49. The molecule has 0 saturated carbocycles. The molecule has 1 fully saturated rings. The summed E-state index contributed by atoms with van der Waals surface area (Å²) in [5.41, 5.74) is -0.187. The highest BCUT2D eigenvalue weighted by molar-refractivity contribution is 5.43. The van der Waals surface area contributed by atoms with E-state index in [0.29, 0.717) is 50.1 Å². The molecule has 1 atom stereocenters. The molecule has 1 aromatic heterocycles. The van der Waals surface area contributed by atoms with Crippen molar-refractivity contribution in [2.45, 2.75) is 38.5 Å². The molecule has 0 aliphatic carbocycles. The Balaban J connectivity index is 1.34. The van der Waals surface area contributed by atoms with E-state index in [1.165, 1.54) is 12.1 Å². The monoisotopic (exact) mass is 513 g/mol. The van der Waals surface area contributed by atoms with Gasteiger partial charge in [0.15, 0.2) is 11.5 Å². The van der Waals surface area contributed by atoms with Gasteiger partial charge in [-0.1, -0.05) is 19.1 Å². The molecule has 3 aromatic rings. The number of ether oxygens (including phenoxy) is 4. The van der Waals surface area contributed by atoms with E-state index in [1.807, 2.05) is 30.6 Å². The van der Waals surface area contributed by atoms with Gasteiger partial charge in [-0.15, -0.1) is 0 Å². The zero-order chi connectivity index (χ0) is 26.1. The van der Waals surface area contributed by atoms with Crippen molar-refractivity contribution in [1.29, 1.82) is 0 Å². The van der Waals surface area contributed by atoms with Gasteiger partial charge in [0.05, 0.1) is 26.9 Å². The molecule has 1 N–H and O–H groups in total. The lowest BCUT2D eigenvalue weighted by Gasteiger charge is -2.30. The molecule has 0 amide bonds. The van der Waals surface area contributed by atoms with E-state index in [-0.39, 0.29) is 19.0 Å². The van der Waals surface area contributed by atoms with Gasteiger partial charge in [-0.05, 0) is 36.2 Å². The molecule has 0 spiro atoms. The van der Waals surface area contributed by atoms with Crippen molar-refractivity contribution in [2.24, 2.45) is 0 Å². The van der Waals surface area contributed by atoms with Crippen molar-refractivity contribution in [3.05, 3.63) is 72.1 Å². The minimum atomic E-state index is -1.22. The number of aromatic nitrogens is 2. The van der Waals surface area contributed by atoms with Crippen LogP contribution in [-0.2, 0) is 24.2 Å². The fourth-order valence-corrected chi connectivity index (χ4v) is 4.46. The van der Waals surface area contributed by atoms with E-state index in [2.05, 4.69) is 21.4 Å². The van der Waals surface area contributed by atoms with Crippen LogP contribution < -0.4 is 14.2 Å². The summed E-state index contributed by atoms with van der Waals surface area (Å²) in [6.07, 6.45) is 5.57. The van der Waals surface area contributed by atoms with Gasteiger partial charge < -0.3 is 28.6 Å². The van der Waals surface area contributed by atoms with Crippen molar-refractivity contribution in [2.75, 3.05) is 46.6 Å². The number of halogens is 1. The second-order valence-electron chi connectivity index (χ2n) is 9.31. The molecule has 1 aliphatic heterocycles. The topological polar surface area (TPSA) is 78.2 Å². The van der Waals surface area contributed by atoms with Crippen molar-refractivity contribution >= 4 is 0 Å². The first-order valence-corrected chi connectivity index (χ1v) is 12.7. The van der Waals surface area contributed by atoms with Crippen LogP contribution in [0.3, 0.4) is 0 Å². The Bertz CT molecular complexity index is 1140. The molecule has 37 heavy (non-hydrogen) atoms. The summed E-state index contributed by atoms with van der Waals surface area (Å²) in [5, 5.41) is 11.2. The molecule has 1 aliphatic rings. The van der Waals surface area contributed by atoms with Crippen molar-refractivity contribution in [3.8, 4) is 17.2 Å². The molecule has 4 rings (SSSR count). The fraction of sp³-hybridized carbons (Fsp3) is 0.464. The van der Waals surface area contributed by atoms with E-state index >= 15 is 0 Å². The maximum atomic E-state index is 13.5. The number of β-amino-alcohol motifs (C(OH)–C–C–N with tert-alkyl or cyclic N) is 1. The van der Waals surface area contributed by atoms with Crippen molar-refractivity contribution in [1.82, 2.24) is 14.5 Å². The van der Waals surface area contributed by atoms with Crippen LogP contribution in [0.4, 0.5) is 4.39 Å². The average molecular weight is 514 g/mol. The Labute approximate surface area is 217 Å². The zero-order valence-electron chi connectivity index (χ0n) is 21.6. The molecule has 2 aromatic carbocycles. The molecule has 0 bridgehead atoms. The number of rotatable bonds is 12. The molecular formula is C28H36FN3O5. The van der Waals surface area contributed by atoms with Crippen LogP contribution in [0.5, 0.6) is 17.2 Å². The van der Waals surface area contributed by atoms with Gasteiger partial charge in [0.1, 0.15) is 29.6 Å². The standard InChI is InChI=1S/C28H36FN3O5/c1-3-27-30-10-12-32(27)11-5-14-36-26-16-22(8-9-25(26)34-2)18-31-13-15-35-20-28(33,19-31)21-37-24-7-4-6-23(29)17-24/h4,6-10,12,16-17,33H,3,5,11,13-15,18-21H2,1-2H3/t28-/m0/s1. The minimum Gasteiger partial charge on any atom is -0.493 e. The normalized spacial score (nSPS) is 18.4. The Morgan fingerprint density at radius 2 is 2.05 bits per heavy atom. The summed E-state index contributed by atoms with van der Waals surface area (Å²) in [7, 11) is 1.63. The van der Waals surface area contributed by atoms with Crippen LogP contribution >= 0.6 is 0 Å². The van der Waals surface area contributed by atoms with Crippen LogP contribution in [0, 0.1) is 5.82 Å².